The Morgan fingerprint density at radius 3 is 2.28 bits per heavy atom. The highest BCUT2D eigenvalue weighted by molar-refractivity contribution is 4.88. The molecule has 0 aliphatic heterocycles. The van der Waals surface area contributed by atoms with Gasteiger partial charge in [0.1, 0.15) is 0 Å². The number of hydrogen-bond acceptors (Lipinski definition) is 1. The number of aliphatic hydroxyl groups excluding tert-OH is 1. The zero-order valence-corrected chi connectivity index (χ0v) is 12.6. The SMILES string of the molecule is CCC1CCCCC1C(O)C1CCC(C)(C)CC1. The van der Waals surface area contributed by atoms with Crippen LogP contribution < -0.4 is 0 Å². The number of aliphatic hydroxyl groups is 1. The number of hydrogen-bond donors (Lipinski definition) is 1. The molecule has 0 aromatic carbocycles. The van der Waals surface area contributed by atoms with E-state index < -0.39 is 0 Å². The molecule has 2 saturated carbocycles. The average Bonchev–Trinajstić information content (AvgIpc) is 2.38. The summed E-state index contributed by atoms with van der Waals surface area (Å²) < 4.78 is 0. The molecule has 0 bridgehead atoms. The van der Waals surface area contributed by atoms with Crippen molar-refractivity contribution in [2.45, 2.75) is 84.7 Å². The van der Waals surface area contributed by atoms with E-state index in [4.69, 9.17) is 0 Å². The van der Waals surface area contributed by atoms with Gasteiger partial charge in [-0.3, -0.25) is 0 Å². The van der Waals surface area contributed by atoms with Gasteiger partial charge in [0, 0.05) is 0 Å². The Labute approximate surface area is 113 Å². The van der Waals surface area contributed by atoms with Crippen molar-refractivity contribution in [1.29, 1.82) is 0 Å². The summed E-state index contributed by atoms with van der Waals surface area (Å²) >= 11 is 0. The van der Waals surface area contributed by atoms with Gasteiger partial charge in [-0.2, -0.15) is 0 Å². The van der Waals surface area contributed by atoms with Crippen LogP contribution in [-0.2, 0) is 0 Å². The quantitative estimate of drug-likeness (QED) is 0.766. The van der Waals surface area contributed by atoms with Crippen LogP contribution >= 0.6 is 0 Å². The van der Waals surface area contributed by atoms with E-state index in [2.05, 4.69) is 20.8 Å². The van der Waals surface area contributed by atoms with Crippen molar-refractivity contribution < 1.29 is 5.11 Å². The third kappa shape index (κ3) is 3.29. The molecule has 0 saturated heterocycles. The Kier molecular flexibility index (Phi) is 4.75. The van der Waals surface area contributed by atoms with E-state index in [0.29, 0.717) is 17.3 Å². The van der Waals surface area contributed by atoms with Crippen LogP contribution in [0.2, 0.25) is 0 Å². The van der Waals surface area contributed by atoms with Crippen LogP contribution in [0, 0.1) is 23.2 Å². The molecule has 2 rings (SSSR count). The minimum absolute atomic E-state index is 0.00801. The van der Waals surface area contributed by atoms with Crippen LogP contribution in [0.1, 0.15) is 78.6 Å². The van der Waals surface area contributed by atoms with Gasteiger partial charge in [-0.25, -0.2) is 0 Å². The molecular formula is C17H32O. The maximum Gasteiger partial charge on any atom is 0.0599 e. The second-order valence-corrected chi connectivity index (χ2v) is 7.61. The second-order valence-electron chi connectivity index (χ2n) is 7.61. The molecule has 3 unspecified atom stereocenters. The fourth-order valence-electron chi connectivity index (χ4n) is 4.31. The van der Waals surface area contributed by atoms with Gasteiger partial charge in [0.2, 0.25) is 0 Å². The molecule has 0 aromatic heterocycles. The molecule has 1 N–H and O–H groups in total. The Morgan fingerprint density at radius 2 is 1.67 bits per heavy atom. The van der Waals surface area contributed by atoms with Crippen LogP contribution in [0.5, 0.6) is 0 Å². The van der Waals surface area contributed by atoms with Crippen LogP contribution in [0.15, 0.2) is 0 Å². The largest absolute Gasteiger partial charge is 0.393 e. The van der Waals surface area contributed by atoms with Crippen LogP contribution in [0.3, 0.4) is 0 Å². The third-order valence-corrected chi connectivity index (χ3v) is 5.80. The summed E-state index contributed by atoms with van der Waals surface area (Å²) in [5.74, 6) is 1.99. The first-order valence-electron chi connectivity index (χ1n) is 8.21. The monoisotopic (exact) mass is 252 g/mol. The molecule has 2 aliphatic carbocycles. The minimum Gasteiger partial charge on any atom is -0.393 e. The van der Waals surface area contributed by atoms with E-state index >= 15 is 0 Å². The van der Waals surface area contributed by atoms with E-state index in [1.165, 1.54) is 57.8 Å². The van der Waals surface area contributed by atoms with Crippen LogP contribution in [0.4, 0.5) is 0 Å². The Bertz CT molecular complexity index is 248. The average molecular weight is 252 g/mol. The van der Waals surface area contributed by atoms with Crippen molar-refractivity contribution in [2.24, 2.45) is 23.2 Å². The fraction of sp³-hybridized carbons (Fsp3) is 1.00. The van der Waals surface area contributed by atoms with Crippen molar-refractivity contribution in [3.05, 3.63) is 0 Å². The molecular weight excluding hydrogens is 220 g/mol. The van der Waals surface area contributed by atoms with Gasteiger partial charge >= 0.3 is 0 Å². The van der Waals surface area contributed by atoms with Gasteiger partial charge in [0.25, 0.3) is 0 Å². The Morgan fingerprint density at radius 1 is 1.06 bits per heavy atom. The summed E-state index contributed by atoms with van der Waals surface area (Å²) in [6, 6.07) is 0. The first-order valence-corrected chi connectivity index (χ1v) is 8.21. The zero-order valence-electron chi connectivity index (χ0n) is 12.6. The normalized spacial score (nSPS) is 35.3. The van der Waals surface area contributed by atoms with E-state index in [9.17, 15) is 5.11 Å². The van der Waals surface area contributed by atoms with Gasteiger partial charge in [0.05, 0.1) is 6.10 Å². The summed E-state index contributed by atoms with van der Waals surface area (Å²) in [6.45, 7) is 7.07. The van der Waals surface area contributed by atoms with E-state index in [-0.39, 0.29) is 6.10 Å². The van der Waals surface area contributed by atoms with E-state index in [1.54, 1.807) is 0 Å². The van der Waals surface area contributed by atoms with Crippen molar-refractivity contribution in [3.63, 3.8) is 0 Å². The van der Waals surface area contributed by atoms with Crippen molar-refractivity contribution in [3.8, 4) is 0 Å². The zero-order chi connectivity index (χ0) is 13.2. The van der Waals surface area contributed by atoms with Crippen molar-refractivity contribution >= 4 is 0 Å². The lowest BCUT2D eigenvalue weighted by molar-refractivity contribution is -0.0196. The summed E-state index contributed by atoms with van der Waals surface area (Å²) in [4.78, 5) is 0. The molecule has 0 aromatic rings. The van der Waals surface area contributed by atoms with Crippen molar-refractivity contribution in [1.82, 2.24) is 0 Å². The van der Waals surface area contributed by atoms with E-state index in [1.807, 2.05) is 0 Å². The summed E-state index contributed by atoms with van der Waals surface area (Å²) in [7, 11) is 0. The first kappa shape index (κ1) is 14.4. The molecule has 0 spiro atoms. The minimum atomic E-state index is -0.00801. The molecule has 1 nitrogen and oxygen atoms in total. The molecule has 18 heavy (non-hydrogen) atoms. The maximum atomic E-state index is 10.8. The second kappa shape index (κ2) is 5.94. The van der Waals surface area contributed by atoms with Gasteiger partial charge < -0.3 is 5.11 Å². The van der Waals surface area contributed by atoms with Crippen LogP contribution in [-0.4, -0.2) is 11.2 Å². The summed E-state index contributed by atoms with van der Waals surface area (Å²) in [6.07, 6.45) is 11.7. The molecule has 1 heteroatoms. The highest BCUT2D eigenvalue weighted by atomic mass is 16.3. The highest BCUT2D eigenvalue weighted by Gasteiger charge is 2.37. The third-order valence-electron chi connectivity index (χ3n) is 5.80. The number of rotatable bonds is 3. The molecule has 0 heterocycles. The molecule has 106 valence electrons. The lowest BCUT2D eigenvalue weighted by Crippen LogP contribution is -2.38. The molecule has 2 fully saturated rings. The topological polar surface area (TPSA) is 20.2 Å². The Balaban J connectivity index is 1.92. The Hall–Kier alpha value is -0.0400. The molecule has 2 aliphatic rings. The summed E-state index contributed by atoms with van der Waals surface area (Å²) in [5, 5.41) is 10.8. The van der Waals surface area contributed by atoms with Gasteiger partial charge in [-0.05, 0) is 55.3 Å². The smallest absolute Gasteiger partial charge is 0.0599 e. The van der Waals surface area contributed by atoms with Crippen LogP contribution in [0.25, 0.3) is 0 Å². The molecule has 0 amide bonds. The standard InChI is InChI=1S/C17H32O/c1-4-13-7-5-6-8-15(13)16(18)14-9-11-17(2,3)12-10-14/h13-16,18H,4-12H2,1-3H3. The lowest BCUT2D eigenvalue weighted by Gasteiger charge is -2.42. The predicted octanol–water partition coefficient (Wildman–Crippen LogP) is 4.78. The van der Waals surface area contributed by atoms with Gasteiger partial charge in [-0.1, -0.05) is 46.5 Å². The predicted molar refractivity (Wildman–Crippen MR) is 77.5 cm³/mol. The highest BCUT2D eigenvalue weighted by Crippen LogP contribution is 2.44. The summed E-state index contributed by atoms with van der Waals surface area (Å²) in [5.41, 5.74) is 0.521. The maximum absolute atomic E-state index is 10.8. The van der Waals surface area contributed by atoms with Gasteiger partial charge in [-0.15, -0.1) is 0 Å². The van der Waals surface area contributed by atoms with Crippen molar-refractivity contribution in [2.75, 3.05) is 0 Å². The fourth-order valence-corrected chi connectivity index (χ4v) is 4.31. The van der Waals surface area contributed by atoms with E-state index in [0.717, 1.165) is 5.92 Å². The van der Waals surface area contributed by atoms with Gasteiger partial charge in [0.15, 0.2) is 0 Å². The lowest BCUT2D eigenvalue weighted by atomic mass is 9.66. The molecule has 3 atom stereocenters. The first-order chi connectivity index (χ1) is 8.53. The molecule has 0 radical (unpaired) electrons.